The largest absolute Gasteiger partial charge is 0.336 e. The van der Waals surface area contributed by atoms with E-state index in [1.165, 1.54) is 19.2 Å². The molecule has 0 aliphatic carbocycles. The first-order chi connectivity index (χ1) is 8.86. The minimum atomic E-state index is -2.67. The van der Waals surface area contributed by atoms with E-state index in [9.17, 15) is 23.7 Å². The van der Waals surface area contributed by atoms with Crippen LogP contribution in [-0.2, 0) is 0 Å². The van der Waals surface area contributed by atoms with Gasteiger partial charge in [0.15, 0.2) is 0 Å². The molecule has 0 spiro atoms. The molecule has 104 valence electrons. The van der Waals surface area contributed by atoms with Crippen molar-refractivity contribution >= 4 is 17.3 Å². The Kier molecular flexibility index (Phi) is 4.70. The number of anilines is 1. The molecule has 0 unspecified atom stereocenters. The summed E-state index contributed by atoms with van der Waals surface area (Å²) in [6, 6.07) is 3.49. The number of nitro groups is 1. The smallest absolute Gasteiger partial charge is 0.294 e. The molecule has 0 bridgehead atoms. The van der Waals surface area contributed by atoms with Gasteiger partial charge in [-0.3, -0.25) is 20.8 Å². The summed E-state index contributed by atoms with van der Waals surface area (Å²) in [6.45, 7) is -0.747. The highest BCUT2D eigenvalue weighted by Crippen LogP contribution is 2.25. The van der Waals surface area contributed by atoms with Crippen molar-refractivity contribution in [2.45, 2.75) is 6.43 Å². The van der Waals surface area contributed by atoms with Crippen LogP contribution < -0.4 is 11.3 Å². The fourth-order valence-electron chi connectivity index (χ4n) is 1.45. The molecule has 0 aliphatic heterocycles. The van der Waals surface area contributed by atoms with Gasteiger partial charge in [-0.15, -0.1) is 0 Å². The maximum absolute atomic E-state index is 12.2. The van der Waals surface area contributed by atoms with Crippen LogP contribution in [0.4, 0.5) is 20.2 Å². The highest BCUT2D eigenvalue weighted by molar-refractivity contribution is 5.95. The van der Waals surface area contributed by atoms with Crippen LogP contribution in [0.5, 0.6) is 0 Å². The molecule has 3 N–H and O–H groups in total. The molecule has 0 fully saturated rings. The van der Waals surface area contributed by atoms with Gasteiger partial charge < -0.3 is 10.3 Å². The van der Waals surface area contributed by atoms with Crippen molar-refractivity contribution < 1.29 is 18.5 Å². The lowest BCUT2D eigenvalue weighted by atomic mass is 10.1. The maximum Gasteiger partial charge on any atom is 0.294 e. The number of carbonyl (C=O) groups excluding carboxylic acids is 1. The summed E-state index contributed by atoms with van der Waals surface area (Å²) in [6.07, 6.45) is -2.67. The SMILES string of the molecule is CN(CC(F)F)C(=O)c1ccc(NN)c([N+](=O)[O-])c1. The topological polar surface area (TPSA) is 102 Å². The molecule has 0 saturated heterocycles. The standard InChI is InChI=1S/C10H12F2N4O3/c1-15(5-9(11)12)10(17)6-2-3-7(14-13)8(4-6)16(18)19/h2-4,9,14H,5,13H2,1H3. The van der Waals surface area contributed by atoms with Gasteiger partial charge >= 0.3 is 0 Å². The van der Waals surface area contributed by atoms with E-state index >= 15 is 0 Å². The van der Waals surface area contributed by atoms with Gasteiger partial charge in [-0.25, -0.2) is 8.78 Å². The van der Waals surface area contributed by atoms with E-state index in [1.807, 2.05) is 0 Å². The van der Waals surface area contributed by atoms with Crippen LogP contribution in [0, 0.1) is 10.1 Å². The van der Waals surface area contributed by atoms with Crippen molar-refractivity contribution in [3.05, 3.63) is 33.9 Å². The number of alkyl halides is 2. The van der Waals surface area contributed by atoms with Gasteiger partial charge in [0.05, 0.1) is 11.5 Å². The van der Waals surface area contributed by atoms with Crippen molar-refractivity contribution in [1.29, 1.82) is 0 Å². The van der Waals surface area contributed by atoms with Crippen LogP contribution >= 0.6 is 0 Å². The monoisotopic (exact) mass is 274 g/mol. The molecular formula is C10H12F2N4O3. The Balaban J connectivity index is 3.05. The van der Waals surface area contributed by atoms with E-state index in [0.29, 0.717) is 0 Å². The maximum atomic E-state index is 12.2. The fourth-order valence-corrected chi connectivity index (χ4v) is 1.45. The minimum Gasteiger partial charge on any atom is -0.336 e. The molecule has 19 heavy (non-hydrogen) atoms. The number of nitrogens with zero attached hydrogens (tertiary/aromatic N) is 2. The third-order valence-electron chi connectivity index (χ3n) is 2.36. The molecule has 0 atom stereocenters. The summed E-state index contributed by atoms with van der Waals surface area (Å²) in [5.41, 5.74) is 1.68. The summed E-state index contributed by atoms with van der Waals surface area (Å²) >= 11 is 0. The first-order valence-electron chi connectivity index (χ1n) is 5.15. The first-order valence-corrected chi connectivity index (χ1v) is 5.15. The zero-order chi connectivity index (χ0) is 14.6. The average molecular weight is 274 g/mol. The second-order valence-corrected chi connectivity index (χ2v) is 3.71. The number of hydrazine groups is 1. The first kappa shape index (κ1) is 14.8. The summed E-state index contributed by atoms with van der Waals surface area (Å²) in [5.74, 6) is 4.36. The second kappa shape index (κ2) is 6.05. The number of nitrogens with one attached hydrogen (secondary N) is 1. The summed E-state index contributed by atoms with van der Waals surface area (Å²) in [4.78, 5) is 22.6. The van der Waals surface area contributed by atoms with Crippen molar-refractivity contribution in [3.8, 4) is 0 Å². The van der Waals surface area contributed by atoms with Crippen LogP contribution in [0.1, 0.15) is 10.4 Å². The molecule has 9 heteroatoms. The number of amides is 1. The van der Waals surface area contributed by atoms with Gasteiger partial charge in [-0.1, -0.05) is 0 Å². The highest BCUT2D eigenvalue weighted by Gasteiger charge is 2.20. The summed E-state index contributed by atoms with van der Waals surface area (Å²) in [7, 11) is 1.19. The molecular weight excluding hydrogens is 262 g/mol. The Labute approximate surface area is 107 Å². The fraction of sp³-hybridized carbons (Fsp3) is 0.300. The molecule has 1 amide bonds. The van der Waals surface area contributed by atoms with E-state index in [4.69, 9.17) is 5.84 Å². The third kappa shape index (κ3) is 3.58. The Hall–Kier alpha value is -2.29. The van der Waals surface area contributed by atoms with E-state index in [2.05, 4.69) is 5.43 Å². The van der Waals surface area contributed by atoms with Gasteiger partial charge in [0, 0.05) is 18.7 Å². The normalized spacial score (nSPS) is 10.4. The number of carbonyl (C=O) groups is 1. The van der Waals surface area contributed by atoms with Crippen molar-refractivity contribution in [2.75, 3.05) is 19.0 Å². The van der Waals surface area contributed by atoms with Gasteiger partial charge in [0.25, 0.3) is 18.0 Å². The average Bonchev–Trinajstić information content (AvgIpc) is 2.36. The van der Waals surface area contributed by atoms with E-state index in [1.54, 1.807) is 0 Å². The molecule has 0 radical (unpaired) electrons. The number of nitrogen functional groups attached to an aromatic ring is 1. The number of nitro benzene ring substituents is 1. The molecule has 0 aliphatic rings. The van der Waals surface area contributed by atoms with Gasteiger partial charge in [0.1, 0.15) is 5.69 Å². The Morgan fingerprint density at radius 3 is 2.68 bits per heavy atom. The minimum absolute atomic E-state index is 0.0260. The lowest BCUT2D eigenvalue weighted by Gasteiger charge is -2.16. The Bertz CT molecular complexity index is 496. The molecule has 0 aromatic heterocycles. The van der Waals surface area contributed by atoms with Gasteiger partial charge in [-0.2, -0.15) is 0 Å². The molecule has 7 nitrogen and oxygen atoms in total. The highest BCUT2D eigenvalue weighted by atomic mass is 19.3. The van der Waals surface area contributed by atoms with Crippen molar-refractivity contribution in [1.82, 2.24) is 4.90 Å². The molecule has 1 aromatic carbocycles. The summed E-state index contributed by atoms with van der Waals surface area (Å²) < 4.78 is 24.3. The number of nitrogens with two attached hydrogens (primary N) is 1. The van der Waals surface area contributed by atoms with E-state index < -0.39 is 29.5 Å². The van der Waals surface area contributed by atoms with Crippen LogP contribution in [-0.4, -0.2) is 35.7 Å². The number of hydrogen-bond donors (Lipinski definition) is 2. The number of hydrogen-bond acceptors (Lipinski definition) is 5. The molecule has 1 rings (SSSR count). The number of rotatable bonds is 5. The van der Waals surface area contributed by atoms with Crippen LogP contribution in [0.2, 0.25) is 0 Å². The van der Waals surface area contributed by atoms with Gasteiger partial charge in [0.2, 0.25) is 0 Å². The molecule has 0 saturated carbocycles. The molecule has 1 aromatic rings. The predicted octanol–water partition coefficient (Wildman–Crippen LogP) is 1.22. The predicted molar refractivity (Wildman–Crippen MR) is 63.9 cm³/mol. The van der Waals surface area contributed by atoms with Gasteiger partial charge in [-0.05, 0) is 12.1 Å². The Morgan fingerprint density at radius 1 is 1.58 bits per heavy atom. The lowest BCUT2D eigenvalue weighted by Crippen LogP contribution is -2.31. The van der Waals surface area contributed by atoms with Crippen LogP contribution in [0.25, 0.3) is 0 Å². The van der Waals surface area contributed by atoms with Crippen molar-refractivity contribution in [3.63, 3.8) is 0 Å². The summed E-state index contributed by atoms with van der Waals surface area (Å²) in [5, 5.41) is 10.8. The van der Waals surface area contributed by atoms with Crippen LogP contribution in [0.15, 0.2) is 18.2 Å². The zero-order valence-corrected chi connectivity index (χ0v) is 9.97. The quantitative estimate of drug-likeness (QED) is 0.477. The molecule has 0 heterocycles. The lowest BCUT2D eigenvalue weighted by molar-refractivity contribution is -0.384. The zero-order valence-electron chi connectivity index (χ0n) is 9.97. The number of halogens is 2. The second-order valence-electron chi connectivity index (χ2n) is 3.71. The Morgan fingerprint density at radius 2 is 2.21 bits per heavy atom. The third-order valence-corrected chi connectivity index (χ3v) is 2.36. The number of benzene rings is 1. The van der Waals surface area contributed by atoms with Crippen molar-refractivity contribution in [2.24, 2.45) is 5.84 Å². The van der Waals surface area contributed by atoms with Crippen LogP contribution in [0.3, 0.4) is 0 Å². The van der Waals surface area contributed by atoms with E-state index in [-0.39, 0.29) is 11.3 Å². The van der Waals surface area contributed by atoms with E-state index in [0.717, 1.165) is 11.0 Å².